The molecule has 3 unspecified atom stereocenters. The van der Waals surface area contributed by atoms with E-state index in [9.17, 15) is 13.2 Å². The maximum Gasteiger partial charge on any atom is 0.244 e. The second-order valence-corrected chi connectivity index (χ2v) is 12.3. The molecule has 1 amide bonds. The molecular formula is C25H28ClNO3S. The van der Waals surface area contributed by atoms with Gasteiger partial charge in [-0.1, -0.05) is 67.9 Å². The average Bonchev–Trinajstić information content (AvgIpc) is 3.21. The lowest BCUT2D eigenvalue weighted by molar-refractivity contribution is -0.130. The summed E-state index contributed by atoms with van der Waals surface area (Å²) in [5.74, 6) is -0.284. The van der Waals surface area contributed by atoms with Gasteiger partial charge in [-0.25, -0.2) is 12.7 Å². The SMILES string of the molecule is CC1(C)C2CCC13CS(=O)(=O)N(C(=O)[C@@H](Cc1ccccc1)c1ccc(Cl)cc1)C3C2. The van der Waals surface area contributed by atoms with Gasteiger partial charge in [0.25, 0.3) is 0 Å². The van der Waals surface area contributed by atoms with E-state index in [1.54, 1.807) is 12.1 Å². The van der Waals surface area contributed by atoms with Crippen LogP contribution in [0.2, 0.25) is 5.02 Å². The summed E-state index contributed by atoms with van der Waals surface area (Å²) >= 11 is 6.08. The highest BCUT2D eigenvalue weighted by molar-refractivity contribution is 7.90. The number of hydrogen-bond acceptors (Lipinski definition) is 3. The fourth-order valence-corrected chi connectivity index (χ4v) is 9.33. The van der Waals surface area contributed by atoms with Crippen molar-refractivity contribution in [2.75, 3.05) is 5.75 Å². The third kappa shape index (κ3) is 3.07. The summed E-state index contributed by atoms with van der Waals surface area (Å²) in [6.07, 6.45) is 3.20. The van der Waals surface area contributed by atoms with Gasteiger partial charge in [0.2, 0.25) is 15.9 Å². The van der Waals surface area contributed by atoms with Crippen LogP contribution in [0.25, 0.3) is 0 Å². The van der Waals surface area contributed by atoms with E-state index >= 15 is 0 Å². The van der Waals surface area contributed by atoms with Gasteiger partial charge >= 0.3 is 0 Å². The smallest absolute Gasteiger partial charge is 0.244 e. The van der Waals surface area contributed by atoms with Gasteiger partial charge in [-0.3, -0.25) is 4.79 Å². The van der Waals surface area contributed by atoms with Crippen LogP contribution in [0.5, 0.6) is 0 Å². The van der Waals surface area contributed by atoms with Crippen molar-refractivity contribution in [3.8, 4) is 0 Å². The second-order valence-electron chi connectivity index (χ2n) is 10.0. The van der Waals surface area contributed by atoms with Gasteiger partial charge in [-0.05, 0) is 60.3 Å². The van der Waals surface area contributed by atoms with Crippen LogP contribution in [0, 0.1) is 16.7 Å². The van der Waals surface area contributed by atoms with Crippen molar-refractivity contribution in [2.24, 2.45) is 16.7 Å². The molecule has 1 saturated heterocycles. The third-order valence-corrected chi connectivity index (χ3v) is 10.6. The zero-order chi connectivity index (χ0) is 22.0. The second kappa shape index (κ2) is 7.08. The minimum atomic E-state index is -3.66. The Morgan fingerprint density at radius 1 is 1.13 bits per heavy atom. The number of fused-ring (bicyclic) bond motifs is 1. The van der Waals surface area contributed by atoms with Crippen molar-refractivity contribution in [1.82, 2.24) is 4.31 Å². The highest BCUT2D eigenvalue weighted by Gasteiger charge is 2.72. The molecule has 0 N–H and O–H groups in total. The molecule has 3 fully saturated rings. The van der Waals surface area contributed by atoms with E-state index in [1.807, 2.05) is 42.5 Å². The lowest BCUT2D eigenvalue weighted by Gasteiger charge is -2.37. The molecule has 31 heavy (non-hydrogen) atoms. The molecule has 5 rings (SSSR count). The predicted molar refractivity (Wildman–Crippen MR) is 122 cm³/mol. The summed E-state index contributed by atoms with van der Waals surface area (Å²) in [5, 5.41) is 0.595. The number of halogens is 1. The number of amides is 1. The van der Waals surface area contributed by atoms with Crippen molar-refractivity contribution in [3.05, 3.63) is 70.7 Å². The van der Waals surface area contributed by atoms with Gasteiger partial charge in [-0.2, -0.15) is 0 Å². The molecule has 1 spiro atoms. The highest BCUT2D eigenvalue weighted by atomic mass is 35.5. The van der Waals surface area contributed by atoms with Crippen LogP contribution in [-0.2, 0) is 21.2 Å². The number of rotatable bonds is 4. The van der Waals surface area contributed by atoms with E-state index in [2.05, 4.69) is 13.8 Å². The van der Waals surface area contributed by atoms with Crippen molar-refractivity contribution in [1.29, 1.82) is 0 Å². The zero-order valence-corrected chi connectivity index (χ0v) is 19.5. The van der Waals surface area contributed by atoms with E-state index in [0.29, 0.717) is 17.4 Å². The molecule has 3 aliphatic rings. The standard InChI is InChI=1S/C25H28ClNO3S/c1-24(2)19-12-13-25(24)16-31(29,30)27(22(25)15-19)23(28)21(14-17-6-4-3-5-7-17)18-8-10-20(26)11-9-18/h3-11,19,21-22H,12-16H2,1-2H3/t19?,21-,22?,25?/m0/s1. The van der Waals surface area contributed by atoms with Gasteiger partial charge < -0.3 is 0 Å². The first-order valence-electron chi connectivity index (χ1n) is 11.0. The lowest BCUT2D eigenvalue weighted by Crippen LogP contribution is -2.46. The molecule has 2 aromatic rings. The highest BCUT2D eigenvalue weighted by Crippen LogP contribution is 2.70. The maximum absolute atomic E-state index is 14.0. The summed E-state index contributed by atoms with van der Waals surface area (Å²) in [5.41, 5.74) is 1.44. The quantitative estimate of drug-likeness (QED) is 0.646. The summed E-state index contributed by atoms with van der Waals surface area (Å²) in [4.78, 5) is 14.0. The maximum atomic E-state index is 14.0. The molecule has 4 atom stereocenters. The number of benzene rings is 2. The van der Waals surface area contributed by atoms with Gasteiger partial charge in [0, 0.05) is 10.4 Å². The van der Waals surface area contributed by atoms with Crippen LogP contribution in [0.1, 0.15) is 50.2 Å². The fraction of sp³-hybridized carbons (Fsp3) is 0.480. The number of sulfonamides is 1. The Bertz CT molecular complexity index is 1110. The first kappa shape index (κ1) is 21.0. The monoisotopic (exact) mass is 457 g/mol. The molecule has 2 saturated carbocycles. The fourth-order valence-electron chi connectivity index (χ4n) is 6.63. The van der Waals surface area contributed by atoms with Crippen molar-refractivity contribution >= 4 is 27.5 Å². The summed E-state index contributed by atoms with van der Waals surface area (Å²) in [6, 6.07) is 16.8. The molecular weight excluding hydrogens is 430 g/mol. The number of carbonyl (C=O) groups excluding carboxylic acids is 1. The van der Waals surface area contributed by atoms with Gasteiger partial charge in [0.1, 0.15) is 0 Å². The van der Waals surface area contributed by atoms with Crippen LogP contribution in [0.4, 0.5) is 0 Å². The van der Waals surface area contributed by atoms with E-state index in [0.717, 1.165) is 30.4 Å². The van der Waals surface area contributed by atoms with Crippen LogP contribution in [-0.4, -0.2) is 30.4 Å². The minimum Gasteiger partial charge on any atom is -0.273 e. The first-order valence-corrected chi connectivity index (χ1v) is 13.0. The molecule has 164 valence electrons. The van der Waals surface area contributed by atoms with Gasteiger partial charge in [-0.15, -0.1) is 0 Å². The minimum absolute atomic E-state index is 0.0606. The van der Waals surface area contributed by atoms with Crippen molar-refractivity contribution in [2.45, 2.75) is 51.5 Å². The van der Waals surface area contributed by atoms with E-state index in [1.165, 1.54) is 4.31 Å². The first-order chi connectivity index (χ1) is 14.7. The molecule has 6 heteroatoms. The van der Waals surface area contributed by atoms with E-state index in [-0.39, 0.29) is 28.5 Å². The zero-order valence-electron chi connectivity index (χ0n) is 17.9. The third-order valence-electron chi connectivity index (χ3n) is 8.48. The van der Waals surface area contributed by atoms with Crippen LogP contribution in [0.3, 0.4) is 0 Å². The topological polar surface area (TPSA) is 54.5 Å². The Labute approximate surface area is 189 Å². The van der Waals surface area contributed by atoms with Crippen molar-refractivity contribution < 1.29 is 13.2 Å². The van der Waals surface area contributed by atoms with Crippen LogP contribution >= 0.6 is 11.6 Å². The van der Waals surface area contributed by atoms with Crippen molar-refractivity contribution in [3.63, 3.8) is 0 Å². The van der Waals surface area contributed by atoms with E-state index < -0.39 is 15.9 Å². The number of carbonyl (C=O) groups is 1. The molecule has 4 nitrogen and oxygen atoms in total. The Balaban J connectivity index is 1.55. The molecule has 1 aliphatic heterocycles. The molecule has 1 heterocycles. The Hall–Kier alpha value is -1.85. The summed E-state index contributed by atoms with van der Waals surface area (Å²) < 4.78 is 28.1. The molecule has 2 aromatic carbocycles. The number of nitrogens with zero attached hydrogens (tertiary/aromatic N) is 1. The molecule has 0 radical (unpaired) electrons. The molecule has 2 aliphatic carbocycles. The van der Waals surface area contributed by atoms with Crippen LogP contribution < -0.4 is 0 Å². The summed E-state index contributed by atoms with van der Waals surface area (Å²) in [7, 11) is -3.66. The summed E-state index contributed by atoms with van der Waals surface area (Å²) in [6.45, 7) is 4.41. The van der Waals surface area contributed by atoms with E-state index in [4.69, 9.17) is 11.6 Å². The largest absolute Gasteiger partial charge is 0.273 e. The Kier molecular flexibility index (Phi) is 4.80. The van der Waals surface area contributed by atoms with Gasteiger partial charge in [0.15, 0.2) is 0 Å². The molecule has 0 aromatic heterocycles. The normalized spacial score (nSPS) is 30.9. The Morgan fingerprint density at radius 3 is 2.45 bits per heavy atom. The lowest BCUT2D eigenvalue weighted by atomic mass is 9.69. The Morgan fingerprint density at radius 2 is 1.81 bits per heavy atom. The van der Waals surface area contributed by atoms with Gasteiger partial charge in [0.05, 0.1) is 17.7 Å². The average molecular weight is 458 g/mol. The molecule has 2 bridgehead atoms. The van der Waals surface area contributed by atoms with Crippen LogP contribution in [0.15, 0.2) is 54.6 Å². The predicted octanol–water partition coefficient (Wildman–Crippen LogP) is 5.03. The number of hydrogen-bond donors (Lipinski definition) is 0.